The molecule has 1 heterocycles. The van der Waals surface area contributed by atoms with Gasteiger partial charge in [0.25, 0.3) is 0 Å². The summed E-state index contributed by atoms with van der Waals surface area (Å²) in [4.78, 5) is 11.4. The van der Waals surface area contributed by atoms with Crippen molar-refractivity contribution in [3.05, 3.63) is 11.9 Å². The van der Waals surface area contributed by atoms with E-state index in [1.54, 1.807) is 4.68 Å². The molecular formula is C14H19N3O2. The van der Waals surface area contributed by atoms with Gasteiger partial charge >= 0.3 is 5.97 Å². The highest BCUT2D eigenvalue weighted by Crippen LogP contribution is 2.58. The van der Waals surface area contributed by atoms with Crippen molar-refractivity contribution in [3.8, 4) is 0 Å². The van der Waals surface area contributed by atoms with Gasteiger partial charge in [0.15, 0.2) is 5.69 Å². The number of rotatable bonds is 2. The van der Waals surface area contributed by atoms with Gasteiger partial charge in [0.05, 0.1) is 17.9 Å². The Morgan fingerprint density at radius 1 is 1.21 bits per heavy atom. The normalized spacial score (nSPS) is 39.7. The van der Waals surface area contributed by atoms with E-state index >= 15 is 0 Å². The molecule has 1 aromatic heterocycles. The summed E-state index contributed by atoms with van der Waals surface area (Å²) < 4.78 is 1.73. The highest BCUT2D eigenvalue weighted by molar-refractivity contribution is 5.91. The number of anilines is 1. The third kappa shape index (κ3) is 1.53. The summed E-state index contributed by atoms with van der Waals surface area (Å²) in [6.45, 7) is 0. The number of nitrogens with zero attached hydrogens (tertiary/aromatic N) is 2. The molecule has 102 valence electrons. The van der Waals surface area contributed by atoms with Gasteiger partial charge in [0.1, 0.15) is 0 Å². The van der Waals surface area contributed by atoms with Crippen LogP contribution in [0.3, 0.4) is 0 Å². The van der Waals surface area contributed by atoms with E-state index in [1.165, 1.54) is 38.3 Å². The molecule has 4 aliphatic carbocycles. The summed E-state index contributed by atoms with van der Waals surface area (Å²) in [5, 5.41) is 13.6. The summed E-state index contributed by atoms with van der Waals surface area (Å²) in [7, 11) is 0. The molecule has 0 saturated heterocycles. The first kappa shape index (κ1) is 11.3. The Morgan fingerprint density at radius 3 is 2.32 bits per heavy atom. The Labute approximate surface area is 111 Å². The van der Waals surface area contributed by atoms with Crippen molar-refractivity contribution in [3.63, 3.8) is 0 Å². The fourth-order valence-corrected chi connectivity index (χ4v) is 5.12. The second-order valence-corrected chi connectivity index (χ2v) is 6.62. The third-order valence-corrected chi connectivity index (χ3v) is 5.49. The van der Waals surface area contributed by atoms with E-state index in [2.05, 4.69) is 5.10 Å². The molecule has 5 heteroatoms. The van der Waals surface area contributed by atoms with E-state index < -0.39 is 5.97 Å². The molecule has 0 aromatic carbocycles. The standard InChI is InChI=1S/C14H19N3O2/c15-11-6-16-17(13(11)14(18)19)12-9-2-7-1-8(4-9)5-10(12)3-7/h6-10,12H,1-5,15H2,(H,18,19). The van der Waals surface area contributed by atoms with Gasteiger partial charge in [0.2, 0.25) is 0 Å². The number of aromatic carboxylic acids is 1. The van der Waals surface area contributed by atoms with Gasteiger partial charge in [-0.3, -0.25) is 4.68 Å². The minimum Gasteiger partial charge on any atom is -0.476 e. The average Bonchev–Trinajstić information content (AvgIpc) is 2.69. The summed E-state index contributed by atoms with van der Waals surface area (Å²) in [6.07, 6.45) is 7.88. The minimum absolute atomic E-state index is 0.192. The average molecular weight is 261 g/mol. The lowest BCUT2D eigenvalue weighted by Crippen LogP contribution is -2.46. The quantitative estimate of drug-likeness (QED) is 0.854. The fourth-order valence-electron chi connectivity index (χ4n) is 5.12. The fraction of sp³-hybridized carbons (Fsp3) is 0.714. The van der Waals surface area contributed by atoms with Crippen molar-refractivity contribution in [2.24, 2.45) is 23.7 Å². The molecule has 5 rings (SSSR count). The number of carboxylic acids is 1. The van der Waals surface area contributed by atoms with Crippen LogP contribution in [0, 0.1) is 23.7 Å². The van der Waals surface area contributed by atoms with Crippen molar-refractivity contribution in [2.75, 3.05) is 5.73 Å². The molecule has 19 heavy (non-hydrogen) atoms. The number of aromatic nitrogens is 2. The molecule has 0 amide bonds. The summed E-state index contributed by atoms with van der Waals surface area (Å²) in [6, 6.07) is 0.260. The first-order valence-electron chi connectivity index (χ1n) is 7.19. The lowest BCUT2D eigenvalue weighted by Gasteiger charge is -2.54. The van der Waals surface area contributed by atoms with Gasteiger partial charge in [-0.25, -0.2) is 4.79 Å². The van der Waals surface area contributed by atoms with Gasteiger partial charge in [-0.2, -0.15) is 5.10 Å². The zero-order chi connectivity index (χ0) is 13.1. The molecule has 1 aromatic rings. The maximum Gasteiger partial charge on any atom is 0.356 e. The van der Waals surface area contributed by atoms with Crippen LogP contribution < -0.4 is 5.73 Å². The van der Waals surface area contributed by atoms with Crippen LogP contribution in [0.5, 0.6) is 0 Å². The van der Waals surface area contributed by atoms with Crippen LogP contribution in [0.1, 0.15) is 48.6 Å². The maximum atomic E-state index is 11.4. The Morgan fingerprint density at radius 2 is 1.79 bits per heavy atom. The van der Waals surface area contributed by atoms with Gasteiger partial charge in [0, 0.05) is 0 Å². The molecule has 0 radical (unpaired) electrons. The molecule has 5 nitrogen and oxygen atoms in total. The Balaban J connectivity index is 1.75. The number of carboxylic acid groups (broad SMARTS) is 1. The molecule has 4 fully saturated rings. The first-order valence-corrected chi connectivity index (χ1v) is 7.19. The Bertz CT molecular complexity index is 509. The molecule has 0 spiro atoms. The Hall–Kier alpha value is -1.52. The lowest BCUT2D eigenvalue weighted by atomic mass is 9.54. The van der Waals surface area contributed by atoms with Gasteiger partial charge in [-0.15, -0.1) is 0 Å². The largest absolute Gasteiger partial charge is 0.476 e. The third-order valence-electron chi connectivity index (χ3n) is 5.49. The van der Waals surface area contributed by atoms with Gasteiger partial charge in [-0.05, 0) is 55.8 Å². The highest BCUT2D eigenvalue weighted by atomic mass is 16.4. The van der Waals surface area contributed by atoms with E-state index in [9.17, 15) is 9.90 Å². The van der Waals surface area contributed by atoms with Crippen LogP contribution in [0.15, 0.2) is 6.20 Å². The lowest BCUT2D eigenvalue weighted by molar-refractivity contribution is -0.0346. The van der Waals surface area contributed by atoms with E-state index in [0.717, 1.165) is 11.8 Å². The highest BCUT2D eigenvalue weighted by Gasteiger charge is 2.50. The van der Waals surface area contributed by atoms with E-state index in [0.29, 0.717) is 17.5 Å². The minimum atomic E-state index is -0.955. The van der Waals surface area contributed by atoms with E-state index in [4.69, 9.17) is 5.73 Å². The summed E-state index contributed by atoms with van der Waals surface area (Å²) in [5.41, 5.74) is 6.26. The van der Waals surface area contributed by atoms with Crippen LogP contribution in [-0.4, -0.2) is 20.9 Å². The van der Waals surface area contributed by atoms with E-state index in [-0.39, 0.29) is 11.7 Å². The second kappa shape index (κ2) is 3.74. The first-order chi connectivity index (χ1) is 9.13. The molecule has 3 N–H and O–H groups in total. The van der Waals surface area contributed by atoms with Crippen LogP contribution >= 0.6 is 0 Å². The van der Waals surface area contributed by atoms with Crippen LogP contribution in [0.4, 0.5) is 5.69 Å². The van der Waals surface area contributed by atoms with Crippen molar-refractivity contribution >= 4 is 11.7 Å². The second-order valence-electron chi connectivity index (χ2n) is 6.62. The molecule has 0 atom stereocenters. The van der Waals surface area contributed by atoms with Crippen molar-refractivity contribution < 1.29 is 9.90 Å². The monoisotopic (exact) mass is 261 g/mol. The number of nitrogens with two attached hydrogens (primary N) is 1. The molecule has 4 saturated carbocycles. The smallest absolute Gasteiger partial charge is 0.356 e. The maximum absolute atomic E-state index is 11.4. The van der Waals surface area contributed by atoms with Crippen molar-refractivity contribution in [1.29, 1.82) is 0 Å². The zero-order valence-electron chi connectivity index (χ0n) is 10.8. The predicted molar refractivity (Wildman–Crippen MR) is 69.7 cm³/mol. The van der Waals surface area contributed by atoms with Crippen LogP contribution in [-0.2, 0) is 0 Å². The van der Waals surface area contributed by atoms with E-state index in [1.807, 2.05) is 0 Å². The summed E-state index contributed by atoms with van der Waals surface area (Å²) in [5.74, 6) is 2.01. The predicted octanol–water partition coefficient (Wildman–Crippen LogP) is 2.16. The number of hydrogen-bond acceptors (Lipinski definition) is 3. The Kier molecular flexibility index (Phi) is 2.23. The number of carbonyl (C=O) groups is 1. The molecular weight excluding hydrogens is 242 g/mol. The van der Waals surface area contributed by atoms with Crippen LogP contribution in [0.25, 0.3) is 0 Å². The number of nitrogen functional groups attached to an aromatic ring is 1. The molecule has 0 unspecified atom stereocenters. The van der Waals surface area contributed by atoms with Crippen molar-refractivity contribution in [2.45, 2.75) is 38.1 Å². The molecule has 0 aliphatic heterocycles. The molecule has 4 bridgehead atoms. The van der Waals surface area contributed by atoms with Crippen LogP contribution in [0.2, 0.25) is 0 Å². The van der Waals surface area contributed by atoms with Crippen molar-refractivity contribution in [1.82, 2.24) is 9.78 Å². The SMILES string of the molecule is Nc1cnn(C2C3CC4CC(C3)CC2C4)c1C(=O)O. The van der Waals surface area contributed by atoms with Gasteiger partial charge < -0.3 is 10.8 Å². The zero-order valence-corrected chi connectivity index (χ0v) is 10.8. The topological polar surface area (TPSA) is 81.1 Å². The molecule has 4 aliphatic rings. The summed E-state index contributed by atoms with van der Waals surface area (Å²) >= 11 is 0. The number of hydrogen-bond donors (Lipinski definition) is 2. The van der Waals surface area contributed by atoms with Gasteiger partial charge in [-0.1, -0.05) is 0 Å².